The minimum absolute atomic E-state index is 0.104. The normalized spacial score (nSPS) is 10.4. The first-order valence-corrected chi connectivity index (χ1v) is 4.97. The van der Waals surface area contributed by atoms with Gasteiger partial charge in [0.2, 0.25) is 0 Å². The molecule has 0 unspecified atom stereocenters. The lowest BCUT2D eigenvalue weighted by atomic mass is 10.4. The molecule has 0 bridgehead atoms. The highest BCUT2D eigenvalue weighted by atomic mass is 16.5. The van der Waals surface area contributed by atoms with Gasteiger partial charge in [0.15, 0.2) is 5.82 Å². The lowest BCUT2D eigenvalue weighted by Crippen LogP contribution is -2.35. The van der Waals surface area contributed by atoms with Crippen molar-refractivity contribution in [3.63, 3.8) is 0 Å². The van der Waals surface area contributed by atoms with Gasteiger partial charge in [-0.2, -0.15) is 0 Å². The van der Waals surface area contributed by atoms with Crippen molar-refractivity contribution in [2.45, 2.75) is 0 Å². The van der Waals surface area contributed by atoms with Crippen LogP contribution in [0, 0.1) is 0 Å². The van der Waals surface area contributed by atoms with E-state index in [-0.39, 0.29) is 11.2 Å². The van der Waals surface area contributed by atoms with Crippen LogP contribution >= 0.6 is 0 Å². The van der Waals surface area contributed by atoms with Crippen LogP contribution in [0.4, 0.5) is 11.5 Å². The molecule has 7 heteroatoms. The Bertz CT molecular complexity index is 378. The topological polar surface area (TPSA) is 110 Å². The monoisotopic (exact) mass is 227 g/mol. The number of nitrogens with one attached hydrogen (secondary N) is 1. The zero-order valence-corrected chi connectivity index (χ0v) is 9.27. The third-order valence-electron chi connectivity index (χ3n) is 2.13. The Morgan fingerprint density at radius 2 is 2.31 bits per heavy atom. The number of nitrogens with two attached hydrogens (primary N) is 2. The molecular formula is C9H17N5O2. The van der Waals surface area contributed by atoms with E-state index >= 15 is 0 Å². The second-order valence-corrected chi connectivity index (χ2v) is 3.24. The summed E-state index contributed by atoms with van der Waals surface area (Å²) in [6.07, 6.45) is 1.32. The summed E-state index contributed by atoms with van der Waals surface area (Å²) in [6, 6.07) is 0. The number of anilines is 2. The van der Waals surface area contributed by atoms with Crippen molar-refractivity contribution in [1.82, 2.24) is 9.97 Å². The minimum atomic E-state index is -0.343. The molecule has 1 aromatic heterocycles. The first-order valence-electron chi connectivity index (χ1n) is 4.97. The van der Waals surface area contributed by atoms with Gasteiger partial charge in [-0.05, 0) is 0 Å². The second-order valence-electron chi connectivity index (χ2n) is 3.24. The van der Waals surface area contributed by atoms with Crippen molar-refractivity contribution in [3.8, 4) is 0 Å². The molecule has 0 atom stereocenters. The maximum absolute atomic E-state index is 11.3. The van der Waals surface area contributed by atoms with Crippen LogP contribution in [0.3, 0.4) is 0 Å². The highest BCUT2D eigenvalue weighted by Gasteiger charge is 2.12. The minimum Gasteiger partial charge on any atom is -0.391 e. The van der Waals surface area contributed by atoms with Crippen LogP contribution in [0.15, 0.2) is 11.1 Å². The molecule has 0 spiro atoms. The van der Waals surface area contributed by atoms with Gasteiger partial charge in [-0.3, -0.25) is 4.79 Å². The Labute approximate surface area is 93.4 Å². The standard InChI is InChI=1S/C9H17N5O2/c1-16-5-4-14(3-2-10)8-7(11)9(15)13-6-12-8/h6H,2-5,10-11H2,1H3,(H,12,13,15). The number of hydrogen-bond donors (Lipinski definition) is 3. The van der Waals surface area contributed by atoms with Gasteiger partial charge in [-0.15, -0.1) is 0 Å². The number of aromatic nitrogens is 2. The summed E-state index contributed by atoms with van der Waals surface area (Å²) in [4.78, 5) is 19.6. The highest BCUT2D eigenvalue weighted by molar-refractivity contribution is 5.60. The second kappa shape index (κ2) is 6.09. The molecule has 0 aliphatic heterocycles. The predicted molar refractivity (Wildman–Crippen MR) is 62.4 cm³/mol. The van der Waals surface area contributed by atoms with Gasteiger partial charge in [0.25, 0.3) is 5.56 Å². The first-order chi connectivity index (χ1) is 7.70. The Hall–Kier alpha value is -1.60. The van der Waals surface area contributed by atoms with Crippen LogP contribution in [0.25, 0.3) is 0 Å². The SMILES string of the molecule is COCCN(CCN)c1nc[nH]c(=O)c1N. The number of H-pyrrole nitrogens is 1. The molecule has 90 valence electrons. The Morgan fingerprint density at radius 3 is 2.94 bits per heavy atom. The van der Waals surface area contributed by atoms with Crippen molar-refractivity contribution in [1.29, 1.82) is 0 Å². The molecule has 0 saturated heterocycles. The third-order valence-corrected chi connectivity index (χ3v) is 2.13. The van der Waals surface area contributed by atoms with Crippen LogP contribution in [0.2, 0.25) is 0 Å². The van der Waals surface area contributed by atoms with Crippen LogP contribution in [0.5, 0.6) is 0 Å². The Morgan fingerprint density at radius 1 is 1.56 bits per heavy atom. The molecule has 0 fully saturated rings. The van der Waals surface area contributed by atoms with E-state index < -0.39 is 0 Å². The first kappa shape index (κ1) is 12.5. The lowest BCUT2D eigenvalue weighted by Gasteiger charge is -2.23. The number of nitrogens with zero attached hydrogens (tertiary/aromatic N) is 2. The largest absolute Gasteiger partial charge is 0.391 e. The van der Waals surface area contributed by atoms with Gasteiger partial charge >= 0.3 is 0 Å². The van der Waals surface area contributed by atoms with E-state index in [1.807, 2.05) is 4.90 Å². The molecule has 0 aromatic carbocycles. The predicted octanol–water partition coefficient (Wildman–Crippen LogP) is -1.24. The fourth-order valence-corrected chi connectivity index (χ4v) is 1.33. The molecule has 1 aromatic rings. The quantitative estimate of drug-likeness (QED) is 0.561. The highest BCUT2D eigenvalue weighted by Crippen LogP contribution is 2.13. The third kappa shape index (κ3) is 2.94. The smallest absolute Gasteiger partial charge is 0.276 e. The summed E-state index contributed by atoms with van der Waals surface area (Å²) in [5.41, 5.74) is 10.9. The van der Waals surface area contributed by atoms with Crippen LogP contribution in [-0.4, -0.2) is 43.3 Å². The van der Waals surface area contributed by atoms with Crippen LogP contribution in [-0.2, 0) is 4.74 Å². The van der Waals surface area contributed by atoms with E-state index in [1.54, 1.807) is 7.11 Å². The fourth-order valence-electron chi connectivity index (χ4n) is 1.33. The van der Waals surface area contributed by atoms with E-state index in [0.29, 0.717) is 32.1 Å². The molecule has 1 heterocycles. The molecular weight excluding hydrogens is 210 g/mol. The lowest BCUT2D eigenvalue weighted by molar-refractivity contribution is 0.205. The zero-order valence-electron chi connectivity index (χ0n) is 9.27. The van der Waals surface area contributed by atoms with E-state index in [1.165, 1.54) is 6.33 Å². The molecule has 1 rings (SSSR count). The molecule has 5 N–H and O–H groups in total. The molecule has 0 saturated carbocycles. The van der Waals surface area contributed by atoms with Crippen molar-refractivity contribution < 1.29 is 4.74 Å². The van der Waals surface area contributed by atoms with Crippen molar-refractivity contribution in [2.75, 3.05) is 44.0 Å². The Balaban J connectivity index is 2.91. The van der Waals surface area contributed by atoms with Gasteiger partial charge in [-0.1, -0.05) is 0 Å². The maximum atomic E-state index is 11.3. The summed E-state index contributed by atoms with van der Waals surface area (Å²) in [6.45, 7) is 2.14. The van der Waals surface area contributed by atoms with E-state index in [9.17, 15) is 4.79 Å². The summed E-state index contributed by atoms with van der Waals surface area (Å²) >= 11 is 0. The van der Waals surface area contributed by atoms with Crippen molar-refractivity contribution >= 4 is 11.5 Å². The molecule has 0 aliphatic carbocycles. The maximum Gasteiger partial charge on any atom is 0.276 e. The van der Waals surface area contributed by atoms with Gasteiger partial charge in [0.1, 0.15) is 5.69 Å². The number of aromatic amines is 1. The summed E-state index contributed by atoms with van der Waals surface area (Å²) < 4.78 is 4.97. The number of rotatable bonds is 6. The molecule has 16 heavy (non-hydrogen) atoms. The van der Waals surface area contributed by atoms with E-state index in [4.69, 9.17) is 16.2 Å². The fraction of sp³-hybridized carbons (Fsp3) is 0.556. The Kier molecular flexibility index (Phi) is 4.74. The van der Waals surface area contributed by atoms with Gasteiger partial charge in [0.05, 0.1) is 12.9 Å². The molecule has 0 radical (unpaired) electrons. The number of methoxy groups -OCH3 is 1. The number of hydrogen-bond acceptors (Lipinski definition) is 6. The summed E-state index contributed by atoms with van der Waals surface area (Å²) in [5, 5.41) is 0. The van der Waals surface area contributed by atoms with Gasteiger partial charge < -0.3 is 26.1 Å². The van der Waals surface area contributed by atoms with Crippen LogP contribution < -0.4 is 21.9 Å². The molecule has 0 amide bonds. The number of nitrogen functional groups attached to an aromatic ring is 1. The molecule has 0 aliphatic rings. The van der Waals surface area contributed by atoms with Crippen molar-refractivity contribution in [3.05, 3.63) is 16.7 Å². The van der Waals surface area contributed by atoms with E-state index in [0.717, 1.165) is 0 Å². The van der Waals surface area contributed by atoms with E-state index in [2.05, 4.69) is 9.97 Å². The van der Waals surface area contributed by atoms with Gasteiger partial charge in [0, 0.05) is 26.7 Å². The average Bonchev–Trinajstić information content (AvgIpc) is 2.28. The zero-order chi connectivity index (χ0) is 12.0. The van der Waals surface area contributed by atoms with Gasteiger partial charge in [-0.25, -0.2) is 4.98 Å². The van der Waals surface area contributed by atoms with Crippen LogP contribution in [0.1, 0.15) is 0 Å². The summed E-state index contributed by atoms with van der Waals surface area (Å²) in [5.74, 6) is 0.450. The van der Waals surface area contributed by atoms with Crippen molar-refractivity contribution in [2.24, 2.45) is 5.73 Å². The number of ether oxygens (including phenoxy) is 1. The average molecular weight is 227 g/mol. The summed E-state index contributed by atoms with van der Waals surface area (Å²) in [7, 11) is 1.61. The molecule has 7 nitrogen and oxygen atoms in total.